The third-order valence-corrected chi connectivity index (χ3v) is 7.76. The fraction of sp³-hybridized carbons (Fsp3) is 0.640. The average molecular weight is 458 g/mol. The molecular formula is C25H35N3O5. The van der Waals surface area contributed by atoms with Gasteiger partial charge in [0.25, 0.3) is 0 Å². The molecule has 0 saturated carbocycles. The van der Waals surface area contributed by atoms with Gasteiger partial charge in [0.1, 0.15) is 11.6 Å². The number of fused-ring (bicyclic) bond motifs is 1. The first-order valence-corrected chi connectivity index (χ1v) is 11.9. The van der Waals surface area contributed by atoms with Gasteiger partial charge in [0.15, 0.2) is 0 Å². The number of carbonyl (C=O) groups excluding carboxylic acids is 3. The zero-order valence-electron chi connectivity index (χ0n) is 20.1. The summed E-state index contributed by atoms with van der Waals surface area (Å²) in [5, 5.41) is 15.9. The van der Waals surface area contributed by atoms with Gasteiger partial charge < -0.3 is 25.4 Å². The number of benzene rings is 1. The summed E-state index contributed by atoms with van der Waals surface area (Å²) in [4.78, 5) is 42.2. The Kier molecular flexibility index (Phi) is 6.03. The van der Waals surface area contributed by atoms with Crippen LogP contribution in [0.1, 0.15) is 51.2 Å². The summed E-state index contributed by atoms with van der Waals surface area (Å²) in [6, 6.07) is 4.26. The van der Waals surface area contributed by atoms with Crippen LogP contribution >= 0.6 is 0 Å². The Labute approximate surface area is 195 Å². The molecule has 0 aromatic heterocycles. The van der Waals surface area contributed by atoms with Gasteiger partial charge in [-0.1, -0.05) is 25.1 Å². The molecular weight excluding hydrogens is 422 g/mol. The predicted molar refractivity (Wildman–Crippen MR) is 123 cm³/mol. The zero-order valence-corrected chi connectivity index (χ0v) is 20.1. The Morgan fingerprint density at radius 1 is 1.24 bits per heavy atom. The topological polar surface area (TPSA) is 108 Å². The Morgan fingerprint density at radius 3 is 2.52 bits per heavy atom. The minimum atomic E-state index is -1.09. The highest BCUT2D eigenvalue weighted by atomic mass is 16.5. The minimum absolute atomic E-state index is 0.202. The molecule has 0 aliphatic carbocycles. The fourth-order valence-corrected chi connectivity index (χ4v) is 6.19. The van der Waals surface area contributed by atoms with Crippen molar-refractivity contribution in [2.24, 2.45) is 11.8 Å². The molecule has 3 aliphatic heterocycles. The van der Waals surface area contributed by atoms with Gasteiger partial charge in [0, 0.05) is 12.2 Å². The van der Waals surface area contributed by atoms with E-state index in [1.165, 1.54) is 4.90 Å². The van der Waals surface area contributed by atoms with Crippen LogP contribution in [-0.2, 0) is 19.1 Å². The van der Waals surface area contributed by atoms with E-state index in [2.05, 4.69) is 10.6 Å². The second-order valence-electron chi connectivity index (χ2n) is 10.1. The largest absolute Gasteiger partial charge is 0.394 e. The van der Waals surface area contributed by atoms with Crippen LogP contribution in [0, 0.1) is 25.7 Å². The highest BCUT2D eigenvalue weighted by molar-refractivity contribution is 6.04. The summed E-state index contributed by atoms with van der Waals surface area (Å²) in [6.07, 6.45) is 1.89. The first kappa shape index (κ1) is 23.7. The minimum Gasteiger partial charge on any atom is -0.394 e. The number of likely N-dealkylation sites (tertiary alicyclic amines) is 1. The summed E-state index contributed by atoms with van der Waals surface area (Å²) < 4.78 is 6.55. The molecule has 3 N–H and O–H groups in total. The van der Waals surface area contributed by atoms with E-state index in [0.29, 0.717) is 25.1 Å². The van der Waals surface area contributed by atoms with Crippen LogP contribution in [0.5, 0.6) is 0 Å². The molecule has 3 saturated heterocycles. The van der Waals surface area contributed by atoms with E-state index < -0.39 is 35.1 Å². The monoisotopic (exact) mass is 457 g/mol. The number of ether oxygens (including phenoxy) is 1. The number of hydrogen-bond acceptors (Lipinski definition) is 5. The molecule has 3 fully saturated rings. The molecule has 33 heavy (non-hydrogen) atoms. The number of aliphatic hydroxyl groups is 1. The van der Waals surface area contributed by atoms with Crippen molar-refractivity contribution < 1.29 is 24.2 Å². The highest BCUT2D eigenvalue weighted by Crippen LogP contribution is 2.63. The first-order chi connectivity index (χ1) is 15.6. The SMILES string of the molecule is CCCNC(=O)[C@H]1[C@H]2C(=O)N([C@H](C)CO)C(C(=O)Nc3c(C)cccc3C)C23CC[C@]1(C)O3. The Hall–Kier alpha value is -2.45. The molecule has 0 radical (unpaired) electrons. The molecule has 8 nitrogen and oxygen atoms in total. The van der Waals surface area contributed by atoms with Gasteiger partial charge in [-0.15, -0.1) is 0 Å². The van der Waals surface area contributed by atoms with Gasteiger partial charge in [0.05, 0.1) is 30.1 Å². The van der Waals surface area contributed by atoms with Crippen LogP contribution in [0.2, 0.25) is 0 Å². The van der Waals surface area contributed by atoms with Crippen molar-refractivity contribution in [3.8, 4) is 0 Å². The van der Waals surface area contributed by atoms with Gasteiger partial charge in [-0.2, -0.15) is 0 Å². The molecule has 8 heteroatoms. The number of aryl methyl sites for hydroxylation is 2. The maximum atomic E-state index is 13.8. The molecule has 2 unspecified atom stereocenters. The number of anilines is 1. The molecule has 4 rings (SSSR count). The van der Waals surface area contributed by atoms with E-state index in [4.69, 9.17) is 4.74 Å². The van der Waals surface area contributed by atoms with Gasteiger partial charge in [-0.3, -0.25) is 14.4 Å². The lowest BCUT2D eigenvalue weighted by Gasteiger charge is -2.36. The Morgan fingerprint density at radius 2 is 1.91 bits per heavy atom. The summed E-state index contributed by atoms with van der Waals surface area (Å²) in [5.41, 5.74) is 0.656. The molecule has 1 aromatic carbocycles. The molecule has 180 valence electrons. The smallest absolute Gasteiger partial charge is 0.250 e. The van der Waals surface area contributed by atoms with Crippen molar-refractivity contribution in [3.05, 3.63) is 29.3 Å². The molecule has 1 aromatic rings. The van der Waals surface area contributed by atoms with Crippen LogP contribution in [0.15, 0.2) is 18.2 Å². The van der Waals surface area contributed by atoms with Crippen molar-refractivity contribution in [3.63, 3.8) is 0 Å². The van der Waals surface area contributed by atoms with E-state index in [0.717, 1.165) is 17.5 Å². The molecule has 1 spiro atoms. The van der Waals surface area contributed by atoms with Gasteiger partial charge in [-0.05, 0) is 58.1 Å². The third-order valence-electron chi connectivity index (χ3n) is 7.76. The zero-order chi connectivity index (χ0) is 24.1. The van der Waals surface area contributed by atoms with Crippen molar-refractivity contribution in [2.75, 3.05) is 18.5 Å². The van der Waals surface area contributed by atoms with Crippen LogP contribution in [0.3, 0.4) is 0 Å². The van der Waals surface area contributed by atoms with Crippen LogP contribution < -0.4 is 10.6 Å². The van der Waals surface area contributed by atoms with Crippen LogP contribution in [0.25, 0.3) is 0 Å². The fourth-order valence-electron chi connectivity index (χ4n) is 6.19. The Balaban J connectivity index is 1.75. The van der Waals surface area contributed by atoms with Gasteiger partial charge in [-0.25, -0.2) is 0 Å². The number of para-hydroxylation sites is 1. The molecule has 3 amide bonds. The van der Waals surface area contributed by atoms with Crippen molar-refractivity contribution in [2.45, 2.75) is 77.2 Å². The maximum Gasteiger partial charge on any atom is 0.250 e. The molecule has 2 bridgehead atoms. The van der Waals surface area contributed by atoms with E-state index >= 15 is 0 Å². The maximum absolute atomic E-state index is 13.8. The van der Waals surface area contributed by atoms with E-state index in [1.54, 1.807) is 6.92 Å². The van der Waals surface area contributed by atoms with Crippen LogP contribution in [-0.4, -0.2) is 64.2 Å². The predicted octanol–water partition coefficient (Wildman–Crippen LogP) is 1.91. The lowest BCUT2D eigenvalue weighted by atomic mass is 9.66. The molecule has 6 atom stereocenters. The lowest BCUT2D eigenvalue weighted by Crippen LogP contribution is -2.56. The standard InChI is InChI=1S/C25H35N3O5/c1-6-12-26-21(30)17-18-23(32)28(16(4)13-29)20(25(18)11-10-24(17,5)33-25)22(31)27-19-14(2)8-7-9-15(19)3/h7-9,16-18,20,29H,6,10-13H2,1-5H3,(H,26,30)(H,27,31)/t16-,17-,18+,20?,24+,25?/m1/s1. The second kappa shape index (κ2) is 8.40. The number of amides is 3. The first-order valence-electron chi connectivity index (χ1n) is 11.9. The normalized spacial score (nSPS) is 33.2. The van der Waals surface area contributed by atoms with Gasteiger partial charge >= 0.3 is 0 Å². The molecule has 3 heterocycles. The lowest BCUT2D eigenvalue weighted by molar-refractivity contribution is -0.147. The summed E-state index contributed by atoms with van der Waals surface area (Å²) in [6.45, 7) is 9.65. The third kappa shape index (κ3) is 3.46. The average Bonchev–Trinajstić information content (AvgIpc) is 3.35. The highest BCUT2D eigenvalue weighted by Gasteiger charge is 2.78. The number of hydrogen-bond donors (Lipinski definition) is 3. The Bertz CT molecular complexity index is 961. The van der Waals surface area contributed by atoms with E-state index in [1.807, 2.05) is 45.9 Å². The summed E-state index contributed by atoms with van der Waals surface area (Å²) in [7, 11) is 0. The van der Waals surface area contributed by atoms with Crippen LogP contribution in [0.4, 0.5) is 5.69 Å². The number of aliphatic hydroxyl groups excluding tert-OH is 1. The van der Waals surface area contributed by atoms with Crippen molar-refractivity contribution in [1.29, 1.82) is 0 Å². The number of nitrogens with zero attached hydrogens (tertiary/aromatic N) is 1. The summed E-state index contributed by atoms with van der Waals surface area (Å²) in [5.74, 6) is -2.26. The summed E-state index contributed by atoms with van der Waals surface area (Å²) >= 11 is 0. The number of rotatable bonds is 7. The quantitative estimate of drug-likeness (QED) is 0.580. The van der Waals surface area contributed by atoms with E-state index in [9.17, 15) is 19.5 Å². The van der Waals surface area contributed by atoms with Crippen molar-refractivity contribution >= 4 is 23.4 Å². The number of carbonyl (C=O) groups is 3. The molecule has 3 aliphatic rings. The van der Waals surface area contributed by atoms with Crippen molar-refractivity contribution in [1.82, 2.24) is 10.2 Å². The van der Waals surface area contributed by atoms with E-state index in [-0.39, 0.29) is 24.3 Å². The second-order valence-corrected chi connectivity index (χ2v) is 10.1. The van der Waals surface area contributed by atoms with Gasteiger partial charge in [0.2, 0.25) is 17.7 Å². The number of nitrogens with one attached hydrogen (secondary N) is 2.